The van der Waals surface area contributed by atoms with Crippen molar-refractivity contribution in [3.8, 4) is 5.75 Å². The summed E-state index contributed by atoms with van der Waals surface area (Å²) in [6, 6.07) is 14.6. The van der Waals surface area contributed by atoms with E-state index in [9.17, 15) is 19.2 Å². The van der Waals surface area contributed by atoms with Gasteiger partial charge in [-0.15, -0.1) is 0 Å². The molecule has 0 spiro atoms. The molecule has 0 heterocycles. The van der Waals surface area contributed by atoms with Crippen molar-refractivity contribution < 1.29 is 28.7 Å². The molecule has 0 saturated heterocycles. The van der Waals surface area contributed by atoms with Crippen molar-refractivity contribution in [1.82, 2.24) is 10.6 Å². The molecule has 8 heteroatoms. The highest BCUT2D eigenvalue weighted by molar-refractivity contribution is 5.98. The topological polar surface area (TPSA) is 111 Å². The van der Waals surface area contributed by atoms with Crippen molar-refractivity contribution in [2.24, 2.45) is 5.92 Å². The number of esters is 1. The number of hydrogen-bond donors (Lipinski definition) is 2. The van der Waals surface area contributed by atoms with Crippen LogP contribution in [-0.4, -0.2) is 42.8 Å². The second-order valence-corrected chi connectivity index (χ2v) is 8.08. The molecule has 0 aromatic heterocycles. The van der Waals surface area contributed by atoms with Crippen LogP contribution in [-0.2, 0) is 36.9 Å². The minimum Gasteiger partial charge on any atom is -0.497 e. The Morgan fingerprint density at radius 3 is 2.24 bits per heavy atom. The normalized spacial score (nSPS) is 15.0. The fourth-order valence-electron chi connectivity index (χ4n) is 3.39. The standard InChI is InChI=1S/C25H28N2O6/c1-16(26-24(30)19-13-20(28)14-19)23(29)27-22(12-17-8-10-21(32-2)11-9-17)25(31)33-15-18-6-4-3-5-7-18/h3-11,16,19,22H,12-15H2,1-2H3,(H,26,30)(H,27,29). The molecule has 1 saturated carbocycles. The molecule has 0 radical (unpaired) electrons. The number of methoxy groups -OCH3 is 1. The van der Waals surface area contributed by atoms with Gasteiger partial charge in [-0.2, -0.15) is 0 Å². The van der Waals surface area contributed by atoms with Gasteiger partial charge in [-0.05, 0) is 30.2 Å². The van der Waals surface area contributed by atoms with E-state index in [1.807, 2.05) is 30.3 Å². The Morgan fingerprint density at radius 1 is 0.970 bits per heavy atom. The van der Waals surface area contributed by atoms with Crippen LogP contribution in [0.15, 0.2) is 54.6 Å². The van der Waals surface area contributed by atoms with E-state index in [1.165, 1.54) is 6.92 Å². The third-order valence-corrected chi connectivity index (χ3v) is 5.49. The van der Waals surface area contributed by atoms with Crippen LogP contribution in [0, 0.1) is 5.92 Å². The molecule has 2 amide bonds. The third-order valence-electron chi connectivity index (χ3n) is 5.49. The van der Waals surface area contributed by atoms with Crippen LogP contribution >= 0.6 is 0 Å². The molecule has 2 unspecified atom stereocenters. The lowest BCUT2D eigenvalue weighted by Gasteiger charge is -2.25. The lowest BCUT2D eigenvalue weighted by Crippen LogP contribution is -2.53. The maximum atomic E-state index is 12.8. The summed E-state index contributed by atoms with van der Waals surface area (Å²) in [6.07, 6.45) is 0.610. The van der Waals surface area contributed by atoms with E-state index in [1.54, 1.807) is 31.4 Å². The van der Waals surface area contributed by atoms with Gasteiger partial charge >= 0.3 is 5.97 Å². The average Bonchev–Trinajstić information content (AvgIpc) is 2.81. The predicted octanol–water partition coefficient (Wildman–Crippen LogP) is 1.95. The number of rotatable bonds is 10. The first-order valence-corrected chi connectivity index (χ1v) is 10.8. The minimum absolute atomic E-state index is 0.0352. The smallest absolute Gasteiger partial charge is 0.329 e. The van der Waals surface area contributed by atoms with E-state index in [0.29, 0.717) is 5.75 Å². The molecule has 2 N–H and O–H groups in total. The summed E-state index contributed by atoms with van der Waals surface area (Å²) in [4.78, 5) is 48.9. The highest BCUT2D eigenvalue weighted by atomic mass is 16.5. The van der Waals surface area contributed by atoms with E-state index in [4.69, 9.17) is 9.47 Å². The van der Waals surface area contributed by atoms with E-state index in [-0.39, 0.29) is 37.6 Å². The Labute approximate surface area is 192 Å². The molecule has 174 valence electrons. The van der Waals surface area contributed by atoms with Gasteiger partial charge in [-0.1, -0.05) is 42.5 Å². The van der Waals surface area contributed by atoms with Gasteiger partial charge in [0.2, 0.25) is 11.8 Å². The van der Waals surface area contributed by atoms with Crippen LogP contribution in [0.3, 0.4) is 0 Å². The highest BCUT2D eigenvalue weighted by Gasteiger charge is 2.34. The van der Waals surface area contributed by atoms with Gasteiger partial charge in [0, 0.05) is 19.3 Å². The summed E-state index contributed by atoms with van der Waals surface area (Å²) in [6.45, 7) is 1.62. The zero-order valence-corrected chi connectivity index (χ0v) is 18.7. The summed E-state index contributed by atoms with van der Waals surface area (Å²) < 4.78 is 10.6. The fourth-order valence-corrected chi connectivity index (χ4v) is 3.39. The first-order valence-electron chi connectivity index (χ1n) is 10.8. The van der Waals surface area contributed by atoms with E-state index in [2.05, 4.69) is 10.6 Å². The van der Waals surface area contributed by atoms with E-state index >= 15 is 0 Å². The van der Waals surface area contributed by atoms with Crippen LogP contribution in [0.25, 0.3) is 0 Å². The number of benzene rings is 2. The number of amides is 2. The number of carbonyl (C=O) groups excluding carboxylic acids is 4. The average molecular weight is 453 g/mol. The zero-order valence-electron chi connectivity index (χ0n) is 18.7. The number of carbonyl (C=O) groups is 4. The van der Waals surface area contributed by atoms with Gasteiger partial charge in [0.15, 0.2) is 0 Å². The summed E-state index contributed by atoms with van der Waals surface area (Å²) in [7, 11) is 1.56. The molecule has 33 heavy (non-hydrogen) atoms. The zero-order chi connectivity index (χ0) is 23.8. The molecule has 2 aromatic rings. The summed E-state index contributed by atoms with van der Waals surface area (Å²) >= 11 is 0. The molecule has 1 fully saturated rings. The van der Waals surface area contributed by atoms with Crippen LogP contribution in [0.4, 0.5) is 0 Å². The molecule has 3 rings (SSSR count). The van der Waals surface area contributed by atoms with Gasteiger partial charge in [0.25, 0.3) is 0 Å². The van der Waals surface area contributed by atoms with Crippen molar-refractivity contribution >= 4 is 23.6 Å². The van der Waals surface area contributed by atoms with Crippen LogP contribution < -0.4 is 15.4 Å². The Kier molecular flexibility index (Phi) is 8.18. The third kappa shape index (κ3) is 6.90. The Balaban J connectivity index is 1.63. The molecule has 2 atom stereocenters. The van der Waals surface area contributed by atoms with Crippen molar-refractivity contribution in [1.29, 1.82) is 0 Å². The van der Waals surface area contributed by atoms with Gasteiger partial charge in [-0.25, -0.2) is 4.79 Å². The van der Waals surface area contributed by atoms with Crippen molar-refractivity contribution in [2.45, 2.75) is 44.9 Å². The van der Waals surface area contributed by atoms with Gasteiger partial charge in [0.1, 0.15) is 30.2 Å². The molecule has 0 aliphatic heterocycles. The SMILES string of the molecule is COc1ccc(CC(NC(=O)C(C)NC(=O)C2CC(=O)C2)C(=O)OCc2ccccc2)cc1. The second kappa shape index (κ2) is 11.3. The number of ether oxygens (including phenoxy) is 2. The van der Waals surface area contributed by atoms with Gasteiger partial charge < -0.3 is 20.1 Å². The number of nitrogens with one attached hydrogen (secondary N) is 2. The van der Waals surface area contributed by atoms with Gasteiger partial charge in [-0.3, -0.25) is 14.4 Å². The minimum atomic E-state index is -0.945. The lowest BCUT2D eigenvalue weighted by molar-refractivity contribution is -0.149. The number of ketones is 1. The van der Waals surface area contributed by atoms with Crippen LogP contribution in [0.1, 0.15) is 30.9 Å². The van der Waals surface area contributed by atoms with Crippen molar-refractivity contribution in [3.63, 3.8) is 0 Å². The molecule has 8 nitrogen and oxygen atoms in total. The monoisotopic (exact) mass is 452 g/mol. The van der Waals surface area contributed by atoms with E-state index < -0.39 is 29.9 Å². The first-order chi connectivity index (χ1) is 15.9. The van der Waals surface area contributed by atoms with Gasteiger partial charge in [0.05, 0.1) is 13.0 Å². The molecule has 2 aromatic carbocycles. The van der Waals surface area contributed by atoms with Crippen LogP contribution in [0.2, 0.25) is 0 Å². The quantitative estimate of drug-likeness (QED) is 0.533. The number of Topliss-reactive ketones (excluding diaryl/α,β-unsaturated/α-hetero) is 1. The lowest BCUT2D eigenvalue weighted by atomic mass is 9.83. The van der Waals surface area contributed by atoms with Crippen LogP contribution in [0.5, 0.6) is 5.75 Å². The summed E-state index contributed by atoms with van der Waals surface area (Å²) in [5, 5.41) is 5.30. The Bertz CT molecular complexity index is 982. The summed E-state index contributed by atoms with van der Waals surface area (Å²) in [5.74, 6) is -1.10. The fraction of sp³-hybridized carbons (Fsp3) is 0.360. The largest absolute Gasteiger partial charge is 0.497 e. The predicted molar refractivity (Wildman–Crippen MR) is 120 cm³/mol. The maximum Gasteiger partial charge on any atom is 0.329 e. The molecular formula is C25H28N2O6. The molecular weight excluding hydrogens is 424 g/mol. The molecule has 0 bridgehead atoms. The highest BCUT2D eigenvalue weighted by Crippen LogP contribution is 2.22. The van der Waals surface area contributed by atoms with E-state index in [0.717, 1.165) is 11.1 Å². The summed E-state index contributed by atoms with van der Waals surface area (Å²) in [5.41, 5.74) is 1.64. The van der Waals surface area contributed by atoms with Crippen molar-refractivity contribution in [3.05, 3.63) is 65.7 Å². The Morgan fingerprint density at radius 2 is 1.64 bits per heavy atom. The number of hydrogen-bond acceptors (Lipinski definition) is 6. The Hall–Kier alpha value is -3.68. The maximum absolute atomic E-state index is 12.8. The molecule has 1 aliphatic carbocycles. The second-order valence-electron chi connectivity index (χ2n) is 8.08. The first kappa shape index (κ1) is 24.0. The molecule has 1 aliphatic rings. The van der Waals surface area contributed by atoms with Crippen molar-refractivity contribution in [2.75, 3.05) is 7.11 Å².